The van der Waals surface area contributed by atoms with Crippen LogP contribution >= 0.6 is 45.9 Å². The van der Waals surface area contributed by atoms with Crippen molar-refractivity contribution in [3.63, 3.8) is 0 Å². The first-order chi connectivity index (χ1) is 29.1. The highest BCUT2D eigenvalue weighted by Crippen LogP contribution is 2.46. The number of aromatic nitrogens is 6. The number of fused-ring (bicyclic) bond motifs is 3. The number of aliphatic hydroxyl groups excluding tert-OH is 2. The van der Waals surface area contributed by atoms with Crippen LogP contribution in [-0.2, 0) is 9.47 Å². The Balaban J connectivity index is 0.000000169. The second-order valence-electron chi connectivity index (χ2n) is 16.7. The summed E-state index contributed by atoms with van der Waals surface area (Å²) in [5, 5.41) is 30.0. The molecule has 2 aliphatic carbocycles. The zero-order valence-electron chi connectivity index (χ0n) is 35.4. The standard InChI is InChI=1S/C23H28ClN5O2S.C20H24ClN5O2S/c1-6-12-11-14(18-17(12)30-23(2,3)31-18)25-20-16(19(24)27-22(28-20)29(4)5)21-26-13-9-7-8-10-15(13)32-21;1-4-10-9-12(16(28)15(10)27)22-18-14(17(21)24-20(25-18)26(2)3)19-23-11-7-5-6-8-13(11)29-19/h7-10,12,14,17-18H,6,11H2,1-5H3,(H,25,27,28);5-8,10,12,15-16,27-28H,4,9H2,1-3H3,(H,22,24,25)/t12-,14+,17+,18-;10-,12+,15+,16-/m00/s1. The average Bonchev–Trinajstić information content (AvgIpc) is 4.03. The number of para-hydroxylation sites is 2. The van der Waals surface area contributed by atoms with Gasteiger partial charge in [0.15, 0.2) is 5.79 Å². The van der Waals surface area contributed by atoms with Crippen molar-refractivity contribution in [2.45, 2.75) is 95.7 Å². The van der Waals surface area contributed by atoms with E-state index < -0.39 is 18.0 Å². The van der Waals surface area contributed by atoms with Gasteiger partial charge in [-0.25, -0.2) is 19.9 Å². The van der Waals surface area contributed by atoms with Gasteiger partial charge < -0.3 is 40.1 Å². The minimum absolute atomic E-state index is 0.0408. The number of thiazole rings is 2. The van der Waals surface area contributed by atoms with Gasteiger partial charge in [0.2, 0.25) is 11.9 Å². The van der Waals surface area contributed by atoms with Gasteiger partial charge in [0.05, 0.1) is 55.9 Å². The first-order valence-electron chi connectivity index (χ1n) is 20.6. The van der Waals surface area contributed by atoms with Crippen molar-refractivity contribution < 1.29 is 19.7 Å². The minimum atomic E-state index is -0.875. The van der Waals surface area contributed by atoms with Crippen LogP contribution in [0.15, 0.2) is 48.5 Å². The van der Waals surface area contributed by atoms with Crippen LogP contribution in [0.25, 0.3) is 41.6 Å². The Kier molecular flexibility index (Phi) is 12.6. The molecule has 1 saturated heterocycles. The van der Waals surface area contributed by atoms with Crippen LogP contribution in [0.3, 0.4) is 0 Å². The maximum Gasteiger partial charge on any atom is 0.228 e. The van der Waals surface area contributed by atoms with Crippen LogP contribution in [0.2, 0.25) is 10.3 Å². The summed E-state index contributed by atoms with van der Waals surface area (Å²) in [6.45, 7) is 8.18. The fourth-order valence-corrected chi connectivity index (χ4v) is 11.1. The smallest absolute Gasteiger partial charge is 0.228 e. The van der Waals surface area contributed by atoms with Crippen LogP contribution in [0.1, 0.15) is 53.4 Å². The summed E-state index contributed by atoms with van der Waals surface area (Å²) in [6, 6.07) is 15.7. The van der Waals surface area contributed by atoms with Gasteiger partial charge in [-0.05, 0) is 62.8 Å². The van der Waals surface area contributed by atoms with E-state index >= 15 is 0 Å². The average molecular weight is 908 g/mol. The van der Waals surface area contributed by atoms with Gasteiger partial charge in [0.25, 0.3) is 0 Å². The number of anilines is 4. The number of hydrogen-bond acceptors (Lipinski definition) is 16. The summed E-state index contributed by atoms with van der Waals surface area (Å²) in [6.07, 6.45) is 1.83. The van der Waals surface area contributed by atoms with E-state index in [-0.39, 0.29) is 30.2 Å². The maximum atomic E-state index is 10.5. The molecule has 61 heavy (non-hydrogen) atoms. The highest BCUT2D eigenvalue weighted by atomic mass is 35.5. The van der Waals surface area contributed by atoms with Crippen molar-refractivity contribution in [3.8, 4) is 21.1 Å². The number of ether oxygens (including phenoxy) is 2. The van der Waals surface area contributed by atoms with Crippen LogP contribution in [0.5, 0.6) is 0 Å². The van der Waals surface area contributed by atoms with Crippen molar-refractivity contribution in [1.82, 2.24) is 29.9 Å². The second kappa shape index (κ2) is 17.6. The number of nitrogens with one attached hydrogen (secondary N) is 2. The zero-order valence-corrected chi connectivity index (χ0v) is 38.6. The number of halogens is 2. The molecule has 4 N–H and O–H groups in total. The highest BCUT2D eigenvalue weighted by Gasteiger charge is 2.53. The molecule has 2 saturated carbocycles. The van der Waals surface area contributed by atoms with Gasteiger partial charge in [0, 0.05) is 28.2 Å². The first kappa shape index (κ1) is 43.6. The topological polar surface area (TPSA) is 167 Å². The maximum absolute atomic E-state index is 10.5. The molecule has 324 valence electrons. The third-order valence-electron chi connectivity index (χ3n) is 11.6. The van der Waals surface area contributed by atoms with E-state index in [1.165, 1.54) is 11.3 Å². The number of rotatable bonds is 10. The number of benzene rings is 2. The van der Waals surface area contributed by atoms with Gasteiger partial charge >= 0.3 is 0 Å². The Hall–Kier alpha value is -4.00. The van der Waals surface area contributed by atoms with Crippen LogP contribution in [0.4, 0.5) is 23.5 Å². The molecule has 0 radical (unpaired) electrons. The van der Waals surface area contributed by atoms with Crippen LogP contribution in [-0.4, -0.2) is 111 Å². The first-order valence-corrected chi connectivity index (χ1v) is 23.0. The molecule has 3 aliphatic rings. The van der Waals surface area contributed by atoms with Crippen LogP contribution in [0, 0.1) is 11.8 Å². The molecule has 8 atom stereocenters. The molecular weight excluding hydrogens is 856 g/mol. The van der Waals surface area contributed by atoms with Gasteiger partial charge in [-0.3, -0.25) is 0 Å². The lowest BCUT2D eigenvalue weighted by molar-refractivity contribution is -0.157. The Bertz CT molecular complexity index is 2450. The van der Waals surface area contributed by atoms with E-state index in [0.29, 0.717) is 56.7 Å². The summed E-state index contributed by atoms with van der Waals surface area (Å²) in [5.41, 5.74) is 3.16. The fourth-order valence-electron chi connectivity index (χ4n) is 8.44. The quantitative estimate of drug-likeness (QED) is 0.0965. The number of nitrogens with zero attached hydrogens (tertiary/aromatic N) is 8. The fraction of sp³-hybridized carbons (Fsp3) is 0.488. The molecule has 1 aliphatic heterocycles. The lowest BCUT2D eigenvalue weighted by Crippen LogP contribution is -2.35. The van der Waals surface area contributed by atoms with Crippen molar-refractivity contribution in [2.75, 3.05) is 48.6 Å². The van der Waals surface area contributed by atoms with E-state index in [0.717, 1.165) is 50.3 Å². The molecular formula is C43H52Cl2N10O4S2. The largest absolute Gasteiger partial charge is 0.390 e. The Morgan fingerprint density at radius 2 is 1.11 bits per heavy atom. The summed E-state index contributed by atoms with van der Waals surface area (Å²) >= 11 is 16.4. The van der Waals surface area contributed by atoms with E-state index in [2.05, 4.69) is 38.6 Å². The molecule has 18 heteroatoms. The Morgan fingerprint density at radius 3 is 1.57 bits per heavy atom. The number of hydrogen-bond donors (Lipinski definition) is 4. The van der Waals surface area contributed by atoms with Crippen LogP contribution < -0.4 is 20.4 Å². The summed E-state index contributed by atoms with van der Waals surface area (Å²) < 4.78 is 14.7. The monoisotopic (exact) mass is 906 g/mol. The van der Waals surface area contributed by atoms with E-state index in [9.17, 15) is 10.2 Å². The third-order valence-corrected chi connectivity index (χ3v) is 14.3. The number of aliphatic hydroxyl groups is 2. The summed E-state index contributed by atoms with van der Waals surface area (Å²) in [4.78, 5) is 31.6. The molecule has 2 aromatic carbocycles. The molecule has 0 amide bonds. The van der Waals surface area contributed by atoms with Gasteiger partial charge in [-0.2, -0.15) is 9.97 Å². The van der Waals surface area contributed by atoms with Crippen molar-refractivity contribution in [1.29, 1.82) is 0 Å². The molecule has 0 unspecified atom stereocenters. The second-order valence-corrected chi connectivity index (χ2v) is 19.5. The molecule has 0 spiro atoms. The molecule has 5 heterocycles. The van der Waals surface area contributed by atoms with Crippen molar-refractivity contribution in [3.05, 3.63) is 58.8 Å². The summed E-state index contributed by atoms with van der Waals surface area (Å²) in [7, 11) is 7.49. The van der Waals surface area contributed by atoms with Gasteiger partial charge in [0.1, 0.15) is 44.2 Å². The molecule has 14 nitrogen and oxygen atoms in total. The molecule has 6 aromatic rings. The van der Waals surface area contributed by atoms with E-state index in [4.69, 9.17) is 47.6 Å². The Labute approximate surface area is 373 Å². The third kappa shape index (κ3) is 8.83. The van der Waals surface area contributed by atoms with E-state index in [1.54, 1.807) is 16.2 Å². The van der Waals surface area contributed by atoms with Crippen molar-refractivity contribution >= 4 is 89.8 Å². The normalized spacial score (nSPS) is 25.4. The predicted molar refractivity (Wildman–Crippen MR) is 247 cm³/mol. The summed E-state index contributed by atoms with van der Waals surface area (Å²) in [5.74, 6) is 2.09. The molecule has 3 fully saturated rings. The Morgan fingerprint density at radius 1 is 0.656 bits per heavy atom. The SMILES string of the molecule is CC[C@H]1C[C@@H](Nc2nc(N(C)C)nc(Cl)c2-c2nc3ccccc3s2)[C@@H]2OC(C)(C)O[C@H]12.CC[C@H]1C[C@@H](Nc2nc(N(C)C)nc(Cl)c2-c2nc3ccccc3s2)[C@H](O)[C@@H]1O. The zero-order chi connectivity index (χ0) is 43.3. The molecule has 4 aromatic heterocycles. The van der Waals surface area contributed by atoms with Gasteiger partial charge in [-0.1, -0.05) is 74.2 Å². The molecule has 0 bridgehead atoms. The van der Waals surface area contributed by atoms with E-state index in [1.807, 2.05) is 96.3 Å². The molecule has 9 rings (SSSR count). The predicted octanol–water partition coefficient (Wildman–Crippen LogP) is 8.61. The minimum Gasteiger partial charge on any atom is -0.390 e. The van der Waals surface area contributed by atoms with Gasteiger partial charge in [-0.15, -0.1) is 22.7 Å². The highest BCUT2D eigenvalue weighted by molar-refractivity contribution is 7.22. The lowest BCUT2D eigenvalue weighted by Gasteiger charge is -2.25. The van der Waals surface area contributed by atoms with Crippen molar-refractivity contribution in [2.24, 2.45) is 11.8 Å². The lowest BCUT2D eigenvalue weighted by atomic mass is 10.0.